The van der Waals surface area contributed by atoms with E-state index in [0.717, 1.165) is 13.8 Å². The van der Waals surface area contributed by atoms with Gasteiger partial charge in [0.05, 0.1) is 6.04 Å². The summed E-state index contributed by atoms with van der Waals surface area (Å²) in [6, 6.07) is -1.10. The smallest absolute Gasteiger partial charge is 0.303 e. The largest absolute Gasteiger partial charge is 0.463 e. The van der Waals surface area contributed by atoms with Crippen molar-refractivity contribution in [2.24, 2.45) is 5.73 Å². The van der Waals surface area contributed by atoms with E-state index in [2.05, 4.69) is 0 Å². The Balaban J connectivity index is 2.94. The molecule has 21 heavy (non-hydrogen) atoms. The molecule has 1 aliphatic heterocycles. The van der Waals surface area contributed by atoms with Crippen molar-refractivity contribution in [1.29, 1.82) is 0 Å². The molecule has 0 aromatic rings. The fourth-order valence-corrected chi connectivity index (χ4v) is 1.95. The van der Waals surface area contributed by atoms with Crippen molar-refractivity contribution in [3.05, 3.63) is 0 Å². The normalized spacial score (nSPS) is 32.1. The van der Waals surface area contributed by atoms with Crippen molar-refractivity contribution in [2.45, 2.75) is 51.4 Å². The Bertz CT molecular complexity index is 412. The molecule has 1 heterocycles. The number of hydrogen-bond acceptors (Lipinski definition) is 9. The number of rotatable bonds is 4. The third-order valence-electron chi connectivity index (χ3n) is 2.77. The van der Waals surface area contributed by atoms with Gasteiger partial charge in [0.2, 0.25) is 0 Å². The van der Waals surface area contributed by atoms with Gasteiger partial charge in [-0.05, 0) is 0 Å². The second-order valence-corrected chi connectivity index (χ2v) is 4.59. The second kappa shape index (κ2) is 7.34. The van der Waals surface area contributed by atoms with E-state index in [0.29, 0.717) is 0 Å². The summed E-state index contributed by atoms with van der Waals surface area (Å²) in [5, 5.41) is 9.73. The first-order valence-corrected chi connectivity index (χ1v) is 6.29. The van der Waals surface area contributed by atoms with Crippen molar-refractivity contribution >= 4 is 17.9 Å². The Hall–Kier alpha value is -1.71. The summed E-state index contributed by atoms with van der Waals surface area (Å²) in [4.78, 5) is 33.2. The Morgan fingerprint density at radius 2 is 1.57 bits per heavy atom. The lowest BCUT2D eigenvalue weighted by atomic mass is 9.97. The molecule has 1 saturated heterocycles. The predicted molar refractivity (Wildman–Crippen MR) is 66.6 cm³/mol. The summed E-state index contributed by atoms with van der Waals surface area (Å²) >= 11 is 0. The molecule has 2 unspecified atom stereocenters. The molecule has 0 aromatic carbocycles. The summed E-state index contributed by atoms with van der Waals surface area (Å²) < 4.78 is 20.0. The zero-order valence-electron chi connectivity index (χ0n) is 12.0. The highest BCUT2D eigenvalue weighted by Crippen LogP contribution is 2.24. The van der Waals surface area contributed by atoms with Crippen LogP contribution in [0.15, 0.2) is 0 Å². The maximum absolute atomic E-state index is 11.2. The first kappa shape index (κ1) is 17.3. The van der Waals surface area contributed by atoms with Crippen LogP contribution in [0.1, 0.15) is 20.8 Å². The van der Waals surface area contributed by atoms with Gasteiger partial charge in [0.25, 0.3) is 0 Å². The molecule has 0 bridgehead atoms. The first-order valence-electron chi connectivity index (χ1n) is 6.29. The summed E-state index contributed by atoms with van der Waals surface area (Å²) in [5.41, 5.74) is 5.70. The van der Waals surface area contributed by atoms with Crippen LogP contribution in [0.3, 0.4) is 0 Å². The van der Waals surface area contributed by atoms with Gasteiger partial charge in [0.1, 0.15) is 12.7 Å². The monoisotopic (exact) mass is 305 g/mol. The molecule has 0 amide bonds. The number of hydrogen-bond donors (Lipinski definition) is 2. The van der Waals surface area contributed by atoms with Gasteiger partial charge in [-0.3, -0.25) is 14.4 Å². The lowest BCUT2D eigenvalue weighted by Crippen LogP contribution is -2.64. The number of aliphatic hydroxyl groups is 1. The zero-order valence-corrected chi connectivity index (χ0v) is 12.0. The highest BCUT2D eigenvalue weighted by molar-refractivity contribution is 5.67. The average Bonchev–Trinajstić information content (AvgIpc) is 2.35. The highest BCUT2D eigenvalue weighted by atomic mass is 16.7. The van der Waals surface area contributed by atoms with Crippen LogP contribution in [0.5, 0.6) is 0 Å². The van der Waals surface area contributed by atoms with Crippen LogP contribution in [0, 0.1) is 0 Å². The number of esters is 3. The third-order valence-corrected chi connectivity index (χ3v) is 2.77. The number of carbonyl (C=O) groups excluding carboxylic acids is 3. The summed E-state index contributed by atoms with van der Waals surface area (Å²) in [5.74, 6) is -1.89. The lowest BCUT2D eigenvalue weighted by Gasteiger charge is -2.41. The SMILES string of the molecule is CC(=O)OCC1O[C@@H](O)C(N)[C@H](OC(C)=O)[C@H]1OC(C)=O. The number of nitrogens with two attached hydrogens (primary N) is 1. The van der Waals surface area contributed by atoms with E-state index in [1.807, 2.05) is 0 Å². The van der Waals surface area contributed by atoms with Gasteiger partial charge in [-0.1, -0.05) is 0 Å². The van der Waals surface area contributed by atoms with Crippen LogP contribution in [-0.4, -0.2) is 60.3 Å². The Morgan fingerprint density at radius 1 is 1.05 bits per heavy atom. The van der Waals surface area contributed by atoms with E-state index in [1.54, 1.807) is 0 Å². The molecular formula is C12H19NO8. The van der Waals surface area contributed by atoms with Gasteiger partial charge in [-0.2, -0.15) is 0 Å². The zero-order chi connectivity index (χ0) is 16.2. The quantitative estimate of drug-likeness (QED) is 0.468. The highest BCUT2D eigenvalue weighted by Gasteiger charge is 2.48. The Morgan fingerprint density at radius 3 is 2.05 bits per heavy atom. The van der Waals surface area contributed by atoms with Gasteiger partial charge in [0.15, 0.2) is 18.5 Å². The molecule has 1 fully saturated rings. The minimum atomic E-state index is -1.46. The van der Waals surface area contributed by atoms with Gasteiger partial charge in [-0.25, -0.2) is 0 Å². The number of ether oxygens (including phenoxy) is 4. The van der Waals surface area contributed by atoms with Crippen LogP contribution in [-0.2, 0) is 33.3 Å². The fourth-order valence-electron chi connectivity index (χ4n) is 1.95. The van der Waals surface area contributed by atoms with Gasteiger partial charge >= 0.3 is 17.9 Å². The number of carbonyl (C=O) groups is 3. The molecule has 0 aromatic heterocycles. The maximum Gasteiger partial charge on any atom is 0.303 e. The average molecular weight is 305 g/mol. The van der Waals surface area contributed by atoms with Gasteiger partial charge in [-0.15, -0.1) is 0 Å². The van der Waals surface area contributed by atoms with Crippen molar-refractivity contribution in [2.75, 3.05) is 6.61 Å². The van der Waals surface area contributed by atoms with Crippen LogP contribution < -0.4 is 5.73 Å². The van der Waals surface area contributed by atoms with E-state index in [-0.39, 0.29) is 6.61 Å². The molecule has 1 aliphatic rings. The standard InChI is InChI=1S/C12H19NO8/c1-5(14)18-4-8-10(19-6(2)15)11(20-7(3)16)9(13)12(17)21-8/h8-12,17H,4,13H2,1-3H3/t8?,9?,10-,11-,12+/m0/s1. The van der Waals surface area contributed by atoms with Gasteiger partial charge < -0.3 is 29.8 Å². The first-order chi connectivity index (χ1) is 9.72. The van der Waals surface area contributed by atoms with Crippen molar-refractivity contribution in [3.63, 3.8) is 0 Å². The molecule has 1 rings (SSSR count). The molecule has 0 radical (unpaired) electrons. The predicted octanol–water partition coefficient (Wildman–Crippen LogP) is -1.54. The van der Waals surface area contributed by atoms with E-state index in [9.17, 15) is 19.5 Å². The molecule has 3 N–H and O–H groups in total. The molecule has 0 aliphatic carbocycles. The fraction of sp³-hybridized carbons (Fsp3) is 0.750. The molecule has 9 nitrogen and oxygen atoms in total. The molecular weight excluding hydrogens is 286 g/mol. The van der Waals surface area contributed by atoms with E-state index in [1.165, 1.54) is 6.92 Å². The van der Waals surface area contributed by atoms with Crippen molar-refractivity contribution < 1.29 is 38.4 Å². The van der Waals surface area contributed by atoms with E-state index in [4.69, 9.17) is 24.7 Å². The third kappa shape index (κ3) is 4.96. The molecule has 0 spiro atoms. The molecule has 120 valence electrons. The minimum absolute atomic E-state index is 0.283. The number of aliphatic hydroxyl groups excluding tert-OH is 1. The van der Waals surface area contributed by atoms with Crippen LogP contribution in [0.25, 0.3) is 0 Å². The Labute approximate surface area is 121 Å². The van der Waals surface area contributed by atoms with E-state index < -0.39 is 48.6 Å². The summed E-state index contributed by atoms with van der Waals surface area (Å²) in [7, 11) is 0. The second-order valence-electron chi connectivity index (χ2n) is 4.59. The lowest BCUT2D eigenvalue weighted by molar-refractivity contribution is -0.260. The Kier molecular flexibility index (Phi) is 6.06. The minimum Gasteiger partial charge on any atom is -0.463 e. The molecule has 5 atom stereocenters. The molecule has 9 heteroatoms. The van der Waals surface area contributed by atoms with E-state index >= 15 is 0 Å². The summed E-state index contributed by atoms with van der Waals surface area (Å²) in [6.07, 6.45) is -4.67. The van der Waals surface area contributed by atoms with Crippen molar-refractivity contribution in [3.8, 4) is 0 Å². The summed E-state index contributed by atoms with van der Waals surface area (Å²) in [6.45, 7) is 3.22. The maximum atomic E-state index is 11.2. The molecule has 0 saturated carbocycles. The van der Waals surface area contributed by atoms with Gasteiger partial charge in [0, 0.05) is 20.8 Å². The topological polar surface area (TPSA) is 134 Å². The van der Waals surface area contributed by atoms with Crippen LogP contribution in [0.2, 0.25) is 0 Å². The van der Waals surface area contributed by atoms with Crippen LogP contribution in [0.4, 0.5) is 0 Å². The van der Waals surface area contributed by atoms with Crippen molar-refractivity contribution in [1.82, 2.24) is 0 Å². The van der Waals surface area contributed by atoms with Crippen LogP contribution >= 0.6 is 0 Å².